The third-order valence-electron chi connectivity index (χ3n) is 4.32. The lowest BCUT2D eigenvalue weighted by Crippen LogP contribution is -2.39. The number of carbonyl (C=O) groups is 2. The van der Waals surface area contributed by atoms with E-state index in [0.717, 1.165) is 18.5 Å². The van der Waals surface area contributed by atoms with Gasteiger partial charge in [-0.2, -0.15) is 0 Å². The van der Waals surface area contributed by atoms with Gasteiger partial charge < -0.3 is 15.5 Å². The summed E-state index contributed by atoms with van der Waals surface area (Å²) < 4.78 is 0.715. The van der Waals surface area contributed by atoms with Crippen LogP contribution in [0.2, 0.25) is 0 Å². The van der Waals surface area contributed by atoms with Gasteiger partial charge in [-0.15, -0.1) is 10.2 Å². The molecule has 9 heteroatoms. The van der Waals surface area contributed by atoms with Gasteiger partial charge in [-0.1, -0.05) is 35.2 Å². The van der Waals surface area contributed by atoms with Crippen LogP contribution in [0.1, 0.15) is 24.0 Å². The average Bonchev–Trinajstić information content (AvgIpc) is 3.32. The fourth-order valence-corrected chi connectivity index (χ4v) is 4.06. The number of nitrogens with zero attached hydrogens (tertiary/aromatic N) is 3. The van der Waals surface area contributed by atoms with Crippen LogP contribution in [0.15, 0.2) is 22.5 Å². The van der Waals surface area contributed by atoms with Crippen LogP contribution >= 0.6 is 23.1 Å². The fourth-order valence-electron chi connectivity index (χ4n) is 2.36. The van der Waals surface area contributed by atoms with Gasteiger partial charge in [-0.3, -0.25) is 9.59 Å². The van der Waals surface area contributed by atoms with Crippen molar-refractivity contribution in [2.45, 2.75) is 37.1 Å². The van der Waals surface area contributed by atoms with E-state index in [1.54, 1.807) is 7.05 Å². The maximum absolute atomic E-state index is 12.2. The fraction of sp³-hybridized carbons (Fsp3) is 0.444. The monoisotopic (exact) mass is 405 g/mol. The zero-order valence-corrected chi connectivity index (χ0v) is 17.2. The summed E-state index contributed by atoms with van der Waals surface area (Å²) in [6.07, 6.45) is 2.07. The minimum atomic E-state index is -0.106. The van der Waals surface area contributed by atoms with Crippen molar-refractivity contribution in [3.8, 4) is 0 Å². The molecule has 144 valence electrons. The summed E-state index contributed by atoms with van der Waals surface area (Å²) in [4.78, 5) is 25.4. The summed E-state index contributed by atoms with van der Waals surface area (Å²) in [5.41, 5.74) is 3.38. The van der Waals surface area contributed by atoms with Crippen LogP contribution in [0.5, 0.6) is 0 Å². The molecule has 27 heavy (non-hydrogen) atoms. The standard InChI is InChI=1S/C18H23N5O2S2/c1-11-5-4-6-14(12(11)2)20-17-21-22-18(27-17)26-10-16(25)23(3)9-15(24)19-13-7-8-13/h4-6,13H,7-10H2,1-3H3,(H,19,24)(H,20,21). The second-order valence-corrected chi connectivity index (χ2v) is 8.83. The van der Waals surface area contributed by atoms with E-state index >= 15 is 0 Å². The molecule has 1 aromatic heterocycles. The number of hydrogen-bond donors (Lipinski definition) is 2. The zero-order valence-electron chi connectivity index (χ0n) is 15.6. The number of aromatic nitrogens is 2. The Labute approximate surface area is 166 Å². The van der Waals surface area contributed by atoms with E-state index in [1.165, 1.54) is 39.1 Å². The largest absolute Gasteiger partial charge is 0.352 e. The Kier molecular flexibility index (Phi) is 6.33. The van der Waals surface area contributed by atoms with E-state index in [4.69, 9.17) is 0 Å². The summed E-state index contributed by atoms with van der Waals surface area (Å²) in [6, 6.07) is 6.37. The molecule has 0 atom stereocenters. The molecule has 1 aliphatic rings. The Balaban J connectivity index is 1.47. The van der Waals surface area contributed by atoms with Gasteiger partial charge in [0.1, 0.15) is 0 Å². The average molecular weight is 406 g/mol. The number of hydrogen-bond acceptors (Lipinski definition) is 7. The Morgan fingerprint density at radius 1 is 1.30 bits per heavy atom. The Bertz CT molecular complexity index is 835. The molecule has 7 nitrogen and oxygen atoms in total. The van der Waals surface area contributed by atoms with Crippen molar-refractivity contribution in [3.63, 3.8) is 0 Å². The molecule has 1 aliphatic carbocycles. The maximum atomic E-state index is 12.2. The van der Waals surface area contributed by atoms with Crippen LogP contribution in [0.3, 0.4) is 0 Å². The normalized spacial score (nSPS) is 13.3. The van der Waals surface area contributed by atoms with Gasteiger partial charge in [0.05, 0.1) is 12.3 Å². The highest BCUT2D eigenvalue weighted by molar-refractivity contribution is 8.01. The second kappa shape index (κ2) is 8.71. The van der Waals surface area contributed by atoms with E-state index in [2.05, 4.69) is 40.7 Å². The second-order valence-electron chi connectivity index (χ2n) is 6.63. The van der Waals surface area contributed by atoms with E-state index in [9.17, 15) is 9.59 Å². The predicted molar refractivity (Wildman–Crippen MR) is 109 cm³/mol. The lowest BCUT2D eigenvalue weighted by atomic mass is 10.1. The van der Waals surface area contributed by atoms with Crippen LogP contribution in [0.25, 0.3) is 0 Å². The molecule has 0 saturated heterocycles. The van der Waals surface area contributed by atoms with Crippen molar-refractivity contribution < 1.29 is 9.59 Å². The molecule has 1 fully saturated rings. The number of carbonyl (C=O) groups excluding carboxylic acids is 2. The van der Waals surface area contributed by atoms with Crippen LogP contribution in [-0.2, 0) is 9.59 Å². The first-order valence-corrected chi connectivity index (χ1v) is 10.6. The highest BCUT2D eigenvalue weighted by Crippen LogP contribution is 2.29. The molecule has 2 aromatic rings. The summed E-state index contributed by atoms with van der Waals surface area (Å²) >= 11 is 2.74. The molecule has 0 radical (unpaired) electrons. The molecule has 2 N–H and O–H groups in total. The van der Waals surface area contributed by atoms with Crippen LogP contribution in [-0.4, -0.2) is 52.3 Å². The molecule has 0 unspecified atom stereocenters. The van der Waals surface area contributed by atoms with Crippen molar-refractivity contribution in [2.75, 3.05) is 24.7 Å². The Morgan fingerprint density at radius 3 is 2.81 bits per heavy atom. The summed E-state index contributed by atoms with van der Waals surface area (Å²) in [6.45, 7) is 4.21. The number of nitrogens with one attached hydrogen (secondary N) is 2. The summed E-state index contributed by atoms with van der Waals surface area (Å²) in [5.74, 6) is 0.0187. The van der Waals surface area contributed by atoms with Gasteiger partial charge in [0.15, 0.2) is 4.34 Å². The molecule has 1 saturated carbocycles. The third kappa shape index (κ3) is 5.67. The Morgan fingerprint density at radius 2 is 2.07 bits per heavy atom. The van der Waals surface area contributed by atoms with E-state index < -0.39 is 0 Å². The molecule has 0 bridgehead atoms. The number of likely N-dealkylation sites (N-methyl/N-ethyl adjacent to an activating group) is 1. The SMILES string of the molecule is Cc1cccc(Nc2nnc(SCC(=O)N(C)CC(=O)NC3CC3)s2)c1C. The minimum absolute atomic E-state index is 0.0887. The van der Waals surface area contributed by atoms with Crippen molar-refractivity contribution >= 4 is 45.7 Å². The van der Waals surface area contributed by atoms with Crippen LogP contribution in [0, 0.1) is 13.8 Å². The molecular weight excluding hydrogens is 382 g/mol. The van der Waals surface area contributed by atoms with Gasteiger partial charge in [0.2, 0.25) is 16.9 Å². The van der Waals surface area contributed by atoms with Crippen LogP contribution in [0.4, 0.5) is 10.8 Å². The Hall–Kier alpha value is -2.13. The third-order valence-corrected chi connectivity index (χ3v) is 6.28. The molecule has 1 heterocycles. The van der Waals surface area contributed by atoms with Gasteiger partial charge >= 0.3 is 0 Å². The van der Waals surface area contributed by atoms with Gasteiger partial charge in [-0.25, -0.2) is 0 Å². The lowest BCUT2D eigenvalue weighted by Gasteiger charge is -2.16. The number of benzene rings is 1. The van der Waals surface area contributed by atoms with E-state index in [-0.39, 0.29) is 24.1 Å². The highest BCUT2D eigenvalue weighted by Gasteiger charge is 2.24. The van der Waals surface area contributed by atoms with Crippen molar-refractivity contribution in [2.24, 2.45) is 0 Å². The number of rotatable bonds is 8. The van der Waals surface area contributed by atoms with Crippen molar-refractivity contribution in [3.05, 3.63) is 29.3 Å². The molecule has 2 amide bonds. The molecule has 0 aliphatic heterocycles. The van der Waals surface area contributed by atoms with Crippen molar-refractivity contribution in [1.29, 1.82) is 0 Å². The minimum Gasteiger partial charge on any atom is -0.352 e. The first-order valence-electron chi connectivity index (χ1n) is 8.75. The highest BCUT2D eigenvalue weighted by atomic mass is 32.2. The molecule has 3 rings (SSSR count). The number of thioether (sulfide) groups is 1. The van der Waals surface area contributed by atoms with E-state index in [0.29, 0.717) is 15.5 Å². The predicted octanol–water partition coefficient (Wildman–Crippen LogP) is 2.73. The molecule has 0 spiro atoms. The smallest absolute Gasteiger partial charge is 0.239 e. The first kappa shape index (κ1) is 19.6. The summed E-state index contributed by atoms with van der Waals surface area (Å²) in [7, 11) is 1.64. The molecule has 1 aromatic carbocycles. The topological polar surface area (TPSA) is 87.2 Å². The first-order chi connectivity index (χ1) is 12.9. The number of amides is 2. The van der Waals surface area contributed by atoms with Gasteiger partial charge in [0, 0.05) is 18.8 Å². The van der Waals surface area contributed by atoms with Crippen LogP contribution < -0.4 is 10.6 Å². The van der Waals surface area contributed by atoms with Gasteiger partial charge in [0.25, 0.3) is 0 Å². The summed E-state index contributed by atoms with van der Waals surface area (Å²) in [5, 5.41) is 15.1. The molecular formula is C18H23N5O2S2. The number of anilines is 2. The number of aryl methyl sites for hydroxylation is 1. The van der Waals surface area contributed by atoms with Gasteiger partial charge in [-0.05, 0) is 43.9 Å². The maximum Gasteiger partial charge on any atom is 0.239 e. The quantitative estimate of drug-likeness (QED) is 0.657. The van der Waals surface area contributed by atoms with E-state index in [1.807, 2.05) is 12.1 Å². The van der Waals surface area contributed by atoms with Crippen molar-refractivity contribution in [1.82, 2.24) is 20.4 Å². The zero-order chi connectivity index (χ0) is 19.4. The lowest BCUT2D eigenvalue weighted by molar-refractivity contribution is -0.132.